The summed E-state index contributed by atoms with van der Waals surface area (Å²) in [4.78, 5) is 0.211. The van der Waals surface area contributed by atoms with Crippen LogP contribution in [0.3, 0.4) is 0 Å². The fraction of sp³-hybridized carbons (Fsp3) is 0.500. The highest BCUT2D eigenvalue weighted by atomic mass is 79.9. The van der Waals surface area contributed by atoms with Crippen LogP contribution in [0.5, 0.6) is 0 Å². The molecule has 100 valence electrons. The number of halogens is 1. The van der Waals surface area contributed by atoms with Gasteiger partial charge < -0.3 is 5.11 Å². The van der Waals surface area contributed by atoms with E-state index in [4.69, 9.17) is 0 Å². The Hall–Kier alpha value is -0.430. The Kier molecular flexibility index (Phi) is 4.42. The van der Waals surface area contributed by atoms with Gasteiger partial charge >= 0.3 is 0 Å². The molecule has 1 aromatic rings. The van der Waals surface area contributed by atoms with Gasteiger partial charge in [0, 0.05) is 10.5 Å². The van der Waals surface area contributed by atoms with Crippen LogP contribution in [0.2, 0.25) is 0 Å². The molecule has 1 fully saturated rings. The average molecular weight is 334 g/mol. The normalized spacial score (nSPS) is 25.0. The van der Waals surface area contributed by atoms with Crippen LogP contribution in [0.1, 0.15) is 25.7 Å². The van der Waals surface area contributed by atoms with E-state index < -0.39 is 16.1 Å². The molecule has 0 bridgehead atoms. The lowest BCUT2D eigenvalue weighted by Gasteiger charge is -2.28. The summed E-state index contributed by atoms with van der Waals surface area (Å²) < 4.78 is 27.6. The lowest BCUT2D eigenvalue weighted by molar-refractivity contribution is 0.101. The van der Waals surface area contributed by atoms with Crippen molar-refractivity contribution in [1.29, 1.82) is 0 Å². The predicted molar refractivity (Wildman–Crippen MR) is 72.7 cm³/mol. The first-order valence-corrected chi connectivity index (χ1v) is 8.23. The smallest absolute Gasteiger partial charge is 0.242 e. The Morgan fingerprint density at radius 2 is 1.89 bits per heavy atom. The molecule has 2 rings (SSSR count). The van der Waals surface area contributed by atoms with E-state index in [1.807, 2.05) is 0 Å². The molecule has 0 aliphatic heterocycles. The van der Waals surface area contributed by atoms with E-state index in [0.717, 1.165) is 12.8 Å². The van der Waals surface area contributed by atoms with Crippen LogP contribution in [-0.4, -0.2) is 25.7 Å². The van der Waals surface area contributed by atoms with Gasteiger partial charge in [-0.25, -0.2) is 13.1 Å². The number of aliphatic hydroxyl groups is 1. The zero-order valence-electron chi connectivity index (χ0n) is 9.84. The fourth-order valence-electron chi connectivity index (χ4n) is 2.17. The molecule has 4 nitrogen and oxygen atoms in total. The zero-order valence-corrected chi connectivity index (χ0v) is 12.2. The molecule has 6 heteroatoms. The first-order valence-electron chi connectivity index (χ1n) is 5.95. The second kappa shape index (κ2) is 5.69. The molecule has 2 N–H and O–H groups in total. The lowest BCUT2D eigenvalue weighted by Crippen LogP contribution is -2.45. The van der Waals surface area contributed by atoms with Gasteiger partial charge in [-0.3, -0.25) is 0 Å². The van der Waals surface area contributed by atoms with Crippen molar-refractivity contribution in [3.8, 4) is 0 Å². The van der Waals surface area contributed by atoms with Gasteiger partial charge in [0.05, 0.1) is 11.0 Å². The van der Waals surface area contributed by atoms with Gasteiger partial charge in [0.15, 0.2) is 0 Å². The molecule has 1 aliphatic carbocycles. The number of hydrogen-bond donors (Lipinski definition) is 2. The van der Waals surface area contributed by atoms with Crippen molar-refractivity contribution < 1.29 is 13.5 Å². The van der Waals surface area contributed by atoms with E-state index >= 15 is 0 Å². The van der Waals surface area contributed by atoms with Crippen molar-refractivity contribution in [2.24, 2.45) is 0 Å². The summed E-state index contributed by atoms with van der Waals surface area (Å²) in [5, 5.41) is 9.81. The van der Waals surface area contributed by atoms with Crippen LogP contribution in [0, 0.1) is 0 Å². The summed E-state index contributed by atoms with van der Waals surface area (Å²) >= 11 is 3.23. The van der Waals surface area contributed by atoms with Gasteiger partial charge in [0.1, 0.15) is 0 Å². The second-order valence-electron chi connectivity index (χ2n) is 4.51. The first-order chi connectivity index (χ1) is 8.50. The largest absolute Gasteiger partial charge is 0.391 e. The van der Waals surface area contributed by atoms with Crippen LogP contribution in [0.4, 0.5) is 0 Å². The van der Waals surface area contributed by atoms with Gasteiger partial charge in [0.2, 0.25) is 10.0 Å². The van der Waals surface area contributed by atoms with Crippen molar-refractivity contribution in [1.82, 2.24) is 4.72 Å². The average Bonchev–Trinajstić information content (AvgIpc) is 2.32. The van der Waals surface area contributed by atoms with E-state index in [1.54, 1.807) is 24.3 Å². The fourth-order valence-corrected chi connectivity index (χ4v) is 4.48. The summed E-state index contributed by atoms with van der Waals surface area (Å²) in [5.41, 5.74) is 0. The third-order valence-corrected chi connectivity index (χ3v) is 5.66. The summed E-state index contributed by atoms with van der Waals surface area (Å²) in [6.07, 6.45) is 2.65. The Morgan fingerprint density at radius 3 is 2.56 bits per heavy atom. The number of benzene rings is 1. The molecule has 18 heavy (non-hydrogen) atoms. The molecular formula is C12H16BrNO3S. The van der Waals surface area contributed by atoms with Crippen LogP contribution in [0.15, 0.2) is 33.6 Å². The first kappa shape index (κ1) is 14.0. The van der Waals surface area contributed by atoms with Crippen molar-refractivity contribution in [2.45, 2.75) is 42.7 Å². The van der Waals surface area contributed by atoms with Crippen LogP contribution in [-0.2, 0) is 10.0 Å². The van der Waals surface area contributed by atoms with Crippen molar-refractivity contribution >= 4 is 26.0 Å². The molecular weight excluding hydrogens is 318 g/mol. The Balaban J connectivity index is 2.19. The number of aliphatic hydroxyl groups excluding tert-OH is 1. The summed E-state index contributed by atoms with van der Waals surface area (Å²) in [6, 6.07) is 6.29. The molecule has 1 aromatic carbocycles. The van der Waals surface area contributed by atoms with E-state index in [1.165, 1.54) is 0 Å². The van der Waals surface area contributed by atoms with Gasteiger partial charge in [-0.2, -0.15) is 0 Å². The highest BCUT2D eigenvalue weighted by Gasteiger charge is 2.28. The maximum Gasteiger partial charge on any atom is 0.242 e. The van der Waals surface area contributed by atoms with Gasteiger partial charge in [0.25, 0.3) is 0 Å². The third kappa shape index (κ3) is 3.12. The summed E-state index contributed by atoms with van der Waals surface area (Å²) in [5.74, 6) is 0. The molecule has 0 saturated heterocycles. The Bertz CT molecular complexity index is 518. The van der Waals surface area contributed by atoms with E-state index in [0.29, 0.717) is 17.3 Å². The molecule has 0 spiro atoms. The minimum atomic E-state index is -3.58. The van der Waals surface area contributed by atoms with Crippen molar-refractivity contribution in [2.75, 3.05) is 0 Å². The number of sulfonamides is 1. The Morgan fingerprint density at radius 1 is 1.22 bits per heavy atom. The zero-order chi connectivity index (χ0) is 13.2. The standard InChI is InChI=1S/C12H16BrNO3S/c13-9-5-1-4-8-12(9)18(16,17)14-10-6-2-3-7-11(10)15/h1,4-5,8,10-11,14-15H,2-3,6-7H2/t10-,11-/m0/s1. The topological polar surface area (TPSA) is 66.4 Å². The third-order valence-electron chi connectivity index (χ3n) is 3.16. The van der Waals surface area contributed by atoms with Crippen LogP contribution < -0.4 is 4.72 Å². The molecule has 2 atom stereocenters. The van der Waals surface area contributed by atoms with Crippen molar-refractivity contribution in [3.63, 3.8) is 0 Å². The van der Waals surface area contributed by atoms with Gasteiger partial charge in [-0.05, 0) is 40.9 Å². The molecule has 1 saturated carbocycles. The molecule has 0 unspecified atom stereocenters. The van der Waals surface area contributed by atoms with Gasteiger partial charge in [-0.15, -0.1) is 0 Å². The highest BCUT2D eigenvalue weighted by Crippen LogP contribution is 2.24. The van der Waals surface area contributed by atoms with Crippen LogP contribution in [0.25, 0.3) is 0 Å². The van der Waals surface area contributed by atoms with Gasteiger partial charge in [-0.1, -0.05) is 25.0 Å². The minimum absolute atomic E-state index is 0.211. The predicted octanol–water partition coefficient (Wildman–Crippen LogP) is 2.03. The monoisotopic (exact) mass is 333 g/mol. The van der Waals surface area contributed by atoms with Crippen LogP contribution >= 0.6 is 15.9 Å². The molecule has 0 heterocycles. The number of nitrogens with one attached hydrogen (secondary N) is 1. The second-order valence-corrected chi connectivity index (χ2v) is 7.05. The molecule has 0 amide bonds. The molecule has 0 aromatic heterocycles. The lowest BCUT2D eigenvalue weighted by atomic mass is 9.93. The maximum atomic E-state index is 12.2. The quantitative estimate of drug-likeness (QED) is 0.889. The van der Waals surface area contributed by atoms with E-state index in [9.17, 15) is 13.5 Å². The molecule has 0 radical (unpaired) electrons. The highest BCUT2D eigenvalue weighted by molar-refractivity contribution is 9.10. The SMILES string of the molecule is O=S(=O)(N[C@H]1CCCC[C@@H]1O)c1ccccc1Br. The summed E-state index contributed by atoms with van der Waals surface area (Å²) in [7, 11) is -3.58. The Labute approximate surface area is 116 Å². The number of hydrogen-bond acceptors (Lipinski definition) is 3. The minimum Gasteiger partial charge on any atom is -0.391 e. The molecule has 1 aliphatic rings. The number of rotatable bonds is 3. The maximum absolute atomic E-state index is 12.2. The van der Waals surface area contributed by atoms with Crippen molar-refractivity contribution in [3.05, 3.63) is 28.7 Å². The van der Waals surface area contributed by atoms with E-state index in [-0.39, 0.29) is 10.9 Å². The summed E-state index contributed by atoms with van der Waals surface area (Å²) in [6.45, 7) is 0. The van der Waals surface area contributed by atoms with E-state index in [2.05, 4.69) is 20.7 Å².